The molecule has 0 spiro atoms. The zero-order chi connectivity index (χ0) is 25.8. The van der Waals surface area contributed by atoms with Crippen molar-refractivity contribution < 1.29 is 23.5 Å². The van der Waals surface area contributed by atoms with E-state index in [0.717, 1.165) is 35.6 Å². The van der Waals surface area contributed by atoms with Gasteiger partial charge in [-0.3, -0.25) is 14.5 Å². The van der Waals surface area contributed by atoms with Gasteiger partial charge in [-0.15, -0.1) is 0 Å². The fourth-order valence-electron chi connectivity index (χ4n) is 5.38. The number of rotatable bonds is 6. The second kappa shape index (κ2) is 11.3. The number of amides is 2. The van der Waals surface area contributed by atoms with E-state index in [-0.39, 0.29) is 29.5 Å². The molecule has 2 aliphatic rings. The average molecular weight is 498 g/mol. The first kappa shape index (κ1) is 25.9. The van der Waals surface area contributed by atoms with Crippen molar-refractivity contribution in [2.24, 2.45) is 5.92 Å². The van der Waals surface area contributed by atoms with Gasteiger partial charge in [0.1, 0.15) is 17.3 Å². The van der Waals surface area contributed by atoms with E-state index in [1.807, 2.05) is 35.2 Å². The topological polar surface area (TPSA) is 62.3 Å². The molecule has 2 unspecified atom stereocenters. The highest BCUT2D eigenvalue weighted by atomic mass is 19.1. The number of methoxy groups -OCH3 is 2. The quantitative estimate of drug-likeness (QED) is 0.612. The monoisotopic (exact) mass is 497 g/mol. The number of carbonyl (C=O) groups is 2. The third-order valence-corrected chi connectivity index (χ3v) is 7.38. The Labute approximate surface area is 212 Å². The molecule has 2 aliphatic heterocycles. The average Bonchev–Trinajstić information content (AvgIpc) is 2.89. The Morgan fingerprint density at radius 2 is 1.58 bits per heavy atom. The summed E-state index contributed by atoms with van der Waals surface area (Å²) >= 11 is 0. The van der Waals surface area contributed by atoms with Crippen LogP contribution in [0.2, 0.25) is 0 Å². The highest BCUT2D eigenvalue weighted by Gasteiger charge is 2.36. The van der Waals surface area contributed by atoms with E-state index in [0.29, 0.717) is 44.8 Å². The third-order valence-electron chi connectivity index (χ3n) is 7.38. The Kier molecular flexibility index (Phi) is 8.14. The van der Waals surface area contributed by atoms with E-state index < -0.39 is 0 Å². The van der Waals surface area contributed by atoms with Gasteiger partial charge in [0.25, 0.3) is 0 Å². The summed E-state index contributed by atoms with van der Waals surface area (Å²) in [5.74, 6) is 1.35. The lowest BCUT2D eigenvalue weighted by atomic mass is 9.83. The summed E-state index contributed by atoms with van der Waals surface area (Å²) in [6, 6.07) is 11.1. The first-order chi connectivity index (χ1) is 17.3. The molecule has 2 aromatic rings. The fraction of sp³-hybridized carbons (Fsp3) is 0.500. The lowest BCUT2D eigenvalue weighted by Crippen LogP contribution is -2.53. The Morgan fingerprint density at radius 1 is 0.944 bits per heavy atom. The predicted molar refractivity (Wildman–Crippen MR) is 136 cm³/mol. The van der Waals surface area contributed by atoms with Crippen LogP contribution in [0.25, 0.3) is 0 Å². The molecule has 36 heavy (non-hydrogen) atoms. The zero-order valence-corrected chi connectivity index (χ0v) is 21.6. The first-order valence-electron chi connectivity index (χ1n) is 12.5. The van der Waals surface area contributed by atoms with Gasteiger partial charge in [-0.05, 0) is 54.2 Å². The van der Waals surface area contributed by atoms with Crippen LogP contribution in [-0.2, 0) is 16.1 Å². The summed E-state index contributed by atoms with van der Waals surface area (Å²) in [4.78, 5) is 31.3. The lowest BCUT2D eigenvalue weighted by molar-refractivity contribution is -0.143. The minimum Gasteiger partial charge on any atom is -0.497 e. The van der Waals surface area contributed by atoms with Crippen molar-refractivity contribution in [3.8, 4) is 11.5 Å². The molecule has 0 aliphatic carbocycles. The molecular weight excluding hydrogens is 461 g/mol. The van der Waals surface area contributed by atoms with Crippen LogP contribution in [0.3, 0.4) is 0 Å². The van der Waals surface area contributed by atoms with Gasteiger partial charge in [-0.25, -0.2) is 4.39 Å². The summed E-state index contributed by atoms with van der Waals surface area (Å²) in [7, 11) is 3.26. The molecule has 2 saturated heterocycles. The number of carbonyl (C=O) groups excluding carboxylic acids is 2. The van der Waals surface area contributed by atoms with Crippen molar-refractivity contribution in [3.63, 3.8) is 0 Å². The van der Waals surface area contributed by atoms with Gasteiger partial charge in [0.2, 0.25) is 11.8 Å². The maximum absolute atomic E-state index is 14.0. The maximum atomic E-state index is 14.0. The fourth-order valence-corrected chi connectivity index (χ4v) is 5.38. The Balaban J connectivity index is 1.55. The summed E-state index contributed by atoms with van der Waals surface area (Å²) in [5.41, 5.74) is 2.72. The Morgan fingerprint density at radius 3 is 2.17 bits per heavy atom. The standard InChI is InChI=1S/C28H36FN3O4/c1-19-11-22(5-6-27(19)29)23-14-24(28(34)32-9-7-31(8-10-32)20(2)33)18-30(17-23)16-21-12-25(35-3)15-26(13-21)36-4/h5-6,11-13,15,23-24H,7-10,14,16-18H2,1-4H3. The summed E-state index contributed by atoms with van der Waals surface area (Å²) < 4.78 is 24.9. The SMILES string of the molecule is COc1cc(CN2CC(C(=O)N3CCN(C(C)=O)CC3)CC(c3ccc(F)c(C)c3)C2)cc(OC)c1. The Bertz CT molecular complexity index is 1080. The van der Waals surface area contributed by atoms with Gasteiger partial charge in [0.15, 0.2) is 0 Å². The number of hydrogen-bond donors (Lipinski definition) is 0. The van der Waals surface area contributed by atoms with Crippen LogP contribution in [0.15, 0.2) is 36.4 Å². The first-order valence-corrected chi connectivity index (χ1v) is 12.5. The molecule has 0 aromatic heterocycles. The van der Waals surface area contributed by atoms with E-state index in [4.69, 9.17) is 9.47 Å². The molecule has 2 amide bonds. The zero-order valence-electron chi connectivity index (χ0n) is 21.6. The lowest BCUT2D eigenvalue weighted by Gasteiger charge is -2.41. The molecule has 2 atom stereocenters. The van der Waals surface area contributed by atoms with Crippen molar-refractivity contribution in [2.45, 2.75) is 32.7 Å². The second-order valence-corrected chi connectivity index (χ2v) is 9.88. The molecule has 0 radical (unpaired) electrons. The number of piperidine rings is 1. The summed E-state index contributed by atoms with van der Waals surface area (Å²) in [6.45, 7) is 7.66. The highest BCUT2D eigenvalue weighted by molar-refractivity contribution is 5.80. The molecule has 4 rings (SSSR count). The number of benzene rings is 2. The summed E-state index contributed by atoms with van der Waals surface area (Å²) in [5, 5.41) is 0. The van der Waals surface area contributed by atoms with Crippen LogP contribution in [-0.4, -0.2) is 80.0 Å². The van der Waals surface area contributed by atoms with Gasteiger partial charge >= 0.3 is 0 Å². The number of hydrogen-bond acceptors (Lipinski definition) is 5. The van der Waals surface area contributed by atoms with Gasteiger partial charge in [0, 0.05) is 58.8 Å². The van der Waals surface area contributed by atoms with E-state index >= 15 is 0 Å². The molecule has 8 heteroatoms. The van der Waals surface area contributed by atoms with Crippen molar-refractivity contribution >= 4 is 11.8 Å². The minimum atomic E-state index is -0.217. The van der Waals surface area contributed by atoms with Crippen LogP contribution < -0.4 is 9.47 Å². The number of halogens is 1. The van der Waals surface area contributed by atoms with E-state index in [1.54, 1.807) is 33.0 Å². The van der Waals surface area contributed by atoms with Crippen LogP contribution in [0.1, 0.15) is 36.0 Å². The van der Waals surface area contributed by atoms with Crippen molar-refractivity contribution in [1.29, 1.82) is 0 Å². The third kappa shape index (κ3) is 5.98. The predicted octanol–water partition coefficient (Wildman–Crippen LogP) is 3.45. The Hall–Kier alpha value is -3.13. The van der Waals surface area contributed by atoms with E-state index in [1.165, 1.54) is 6.07 Å². The van der Waals surface area contributed by atoms with Gasteiger partial charge < -0.3 is 19.3 Å². The molecule has 0 bridgehead atoms. The molecule has 0 N–H and O–H groups in total. The number of ether oxygens (including phenoxy) is 2. The highest BCUT2D eigenvalue weighted by Crippen LogP contribution is 2.34. The van der Waals surface area contributed by atoms with Gasteiger partial charge in [-0.2, -0.15) is 0 Å². The molecular formula is C28H36FN3O4. The van der Waals surface area contributed by atoms with Crippen LogP contribution in [0, 0.1) is 18.7 Å². The van der Waals surface area contributed by atoms with Crippen LogP contribution in [0.5, 0.6) is 11.5 Å². The van der Waals surface area contributed by atoms with Crippen LogP contribution in [0.4, 0.5) is 4.39 Å². The second-order valence-electron chi connectivity index (χ2n) is 9.88. The van der Waals surface area contributed by atoms with Crippen molar-refractivity contribution in [2.75, 3.05) is 53.5 Å². The molecule has 2 aromatic carbocycles. The summed E-state index contributed by atoms with van der Waals surface area (Å²) in [6.07, 6.45) is 0.717. The number of likely N-dealkylation sites (tertiary alicyclic amines) is 1. The smallest absolute Gasteiger partial charge is 0.227 e. The maximum Gasteiger partial charge on any atom is 0.227 e. The normalized spacial score (nSPS) is 20.8. The molecule has 2 heterocycles. The van der Waals surface area contributed by atoms with Crippen LogP contribution >= 0.6 is 0 Å². The number of nitrogens with zero attached hydrogens (tertiary/aromatic N) is 3. The van der Waals surface area contributed by atoms with Crippen molar-refractivity contribution in [1.82, 2.24) is 14.7 Å². The largest absolute Gasteiger partial charge is 0.497 e. The number of aryl methyl sites for hydroxylation is 1. The van der Waals surface area contributed by atoms with Gasteiger partial charge in [-0.1, -0.05) is 12.1 Å². The molecule has 0 saturated carbocycles. The molecule has 194 valence electrons. The molecule has 7 nitrogen and oxygen atoms in total. The van der Waals surface area contributed by atoms with Gasteiger partial charge in [0.05, 0.1) is 20.1 Å². The van der Waals surface area contributed by atoms with E-state index in [2.05, 4.69) is 4.90 Å². The van der Waals surface area contributed by atoms with E-state index in [9.17, 15) is 14.0 Å². The minimum absolute atomic E-state index is 0.0476. The molecule has 2 fully saturated rings. The van der Waals surface area contributed by atoms with Crippen molar-refractivity contribution in [3.05, 3.63) is 58.9 Å². The number of piperazine rings is 1.